The molecule has 2 aromatic carbocycles. The van der Waals surface area contributed by atoms with Gasteiger partial charge in [-0.1, -0.05) is 35.9 Å². The zero-order chi connectivity index (χ0) is 21.4. The number of benzene rings is 2. The molecular weight excluding hydrogens is 418 g/mol. The zero-order valence-corrected chi connectivity index (χ0v) is 17.2. The molecule has 1 unspecified atom stereocenters. The van der Waals surface area contributed by atoms with E-state index in [2.05, 4.69) is 10.6 Å². The minimum Gasteiger partial charge on any atom is -0.323 e. The number of urea groups is 1. The summed E-state index contributed by atoms with van der Waals surface area (Å²) in [5, 5.41) is 5.45. The molecular formula is C19H18ClN3O5S. The summed E-state index contributed by atoms with van der Waals surface area (Å²) in [4.78, 5) is 38.4. The van der Waals surface area contributed by atoms with Crippen molar-refractivity contribution < 1.29 is 22.8 Å². The number of nitrogens with zero attached hydrogens (tertiary/aromatic N) is 1. The Morgan fingerprint density at radius 2 is 1.76 bits per heavy atom. The second-order valence-corrected chi connectivity index (χ2v) is 9.19. The highest BCUT2D eigenvalue weighted by Gasteiger charge is 2.49. The van der Waals surface area contributed by atoms with E-state index in [1.165, 1.54) is 31.2 Å². The lowest BCUT2D eigenvalue weighted by atomic mass is 9.92. The van der Waals surface area contributed by atoms with Gasteiger partial charge in [0.15, 0.2) is 9.84 Å². The second kappa shape index (κ2) is 7.49. The van der Waals surface area contributed by atoms with Crippen LogP contribution in [0.5, 0.6) is 0 Å². The Labute approximate surface area is 172 Å². The molecule has 10 heteroatoms. The lowest BCUT2D eigenvalue weighted by Gasteiger charge is -2.22. The Balaban J connectivity index is 1.78. The van der Waals surface area contributed by atoms with E-state index in [4.69, 9.17) is 11.6 Å². The van der Waals surface area contributed by atoms with Crippen molar-refractivity contribution in [3.63, 3.8) is 0 Å². The van der Waals surface area contributed by atoms with Gasteiger partial charge >= 0.3 is 6.03 Å². The van der Waals surface area contributed by atoms with Gasteiger partial charge in [0.2, 0.25) is 5.91 Å². The van der Waals surface area contributed by atoms with Crippen molar-refractivity contribution in [3.05, 3.63) is 59.1 Å². The van der Waals surface area contributed by atoms with E-state index in [0.29, 0.717) is 16.3 Å². The fraction of sp³-hybridized carbons (Fsp3) is 0.211. The molecule has 152 valence electrons. The molecule has 29 heavy (non-hydrogen) atoms. The Morgan fingerprint density at radius 1 is 1.14 bits per heavy atom. The number of rotatable bonds is 5. The Morgan fingerprint density at radius 3 is 2.34 bits per heavy atom. The number of imide groups is 1. The first-order valence-corrected chi connectivity index (χ1v) is 10.8. The largest absolute Gasteiger partial charge is 0.325 e. The number of sulfone groups is 1. The molecule has 3 rings (SSSR count). The van der Waals surface area contributed by atoms with Crippen LogP contribution >= 0.6 is 11.6 Å². The monoisotopic (exact) mass is 435 g/mol. The Bertz CT molecular complexity index is 1100. The van der Waals surface area contributed by atoms with E-state index in [1.807, 2.05) is 0 Å². The third-order valence-corrected chi connectivity index (χ3v) is 6.04. The maximum Gasteiger partial charge on any atom is 0.325 e. The van der Waals surface area contributed by atoms with Crippen molar-refractivity contribution in [2.24, 2.45) is 0 Å². The average molecular weight is 436 g/mol. The van der Waals surface area contributed by atoms with Gasteiger partial charge in [0.25, 0.3) is 5.91 Å². The van der Waals surface area contributed by atoms with Gasteiger partial charge in [-0.2, -0.15) is 0 Å². The van der Waals surface area contributed by atoms with Gasteiger partial charge < -0.3 is 10.6 Å². The van der Waals surface area contributed by atoms with E-state index >= 15 is 0 Å². The fourth-order valence-electron chi connectivity index (χ4n) is 2.97. The molecule has 1 fully saturated rings. The first-order chi connectivity index (χ1) is 13.5. The van der Waals surface area contributed by atoms with Gasteiger partial charge in [0.1, 0.15) is 12.1 Å². The van der Waals surface area contributed by atoms with Crippen LogP contribution in [0.25, 0.3) is 0 Å². The molecule has 0 aliphatic carbocycles. The number of amides is 4. The van der Waals surface area contributed by atoms with Gasteiger partial charge in [0, 0.05) is 6.26 Å². The molecule has 2 N–H and O–H groups in total. The molecule has 0 saturated carbocycles. The smallest absolute Gasteiger partial charge is 0.323 e. The molecule has 0 aromatic heterocycles. The molecule has 1 aliphatic rings. The van der Waals surface area contributed by atoms with Crippen LogP contribution in [0.3, 0.4) is 0 Å². The highest BCUT2D eigenvalue weighted by Crippen LogP contribution is 2.29. The Hall–Kier alpha value is -2.91. The second-order valence-electron chi connectivity index (χ2n) is 6.77. The highest BCUT2D eigenvalue weighted by atomic mass is 35.5. The molecule has 0 bridgehead atoms. The van der Waals surface area contributed by atoms with Crippen LogP contribution in [0.15, 0.2) is 53.4 Å². The van der Waals surface area contributed by atoms with Crippen molar-refractivity contribution in [2.75, 3.05) is 18.1 Å². The lowest BCUT2D eigenvalue weighted by molar-refractivity contribution is -0.133. The summed E-state index contributed by atoms with van der Waals surface area (Å²) in [6.45, 7) is 1.00. The van der Waals surface area contributed by atoms with Crippen molar-refractivity contribution in [2.45, 2.75) is 17.4 Å². The summed E-state index contributed by atoms with van der Waals surface area (Å²) < 4.78 is 23.2. The molecule has 0 radical (unpaired) electrons. The summed E-state index contributed by atoms with van der Waals surface area (Å²) in [6, 6.07) is 11.5. The number of anilines is 1. The van der Waals surface area contributed by atoms with Crippen LogP contribution in [0.4, 0.5) is 10.5 Å². The number of para-hydroxylation sites is 1. The summed E-state index contributed by atoms with van der Waals surface area (Å²) in [5.74, 6) is -1.21. The molecule has 1 heterocycles. The number of carbonyl (C=O) groups is 3. The quantitative estimate of drug-likeness (QED) is 0.699. The average Bonchev–Trinajstić information content (AvgIpc) is 2.87. The van der Waals surface area contributed by atoms with Crippen molar-refractivity contribution in [1.82, 2.24) is 10.2 Å². The predicted octanol–water partition coefficient (Wildman–Crippen LogP) is 2.15. The van der Waals surface area contributed by atoms with E-state index < -0.39 is 39.8 Å². The van der Waals surface area contributed by atoms with Crippen LogP contribution in [0.2, 0.25) is 5.02 Å². The van der Waals surface area contributed by atoms with Crippen LogP contribution in [-0.2, 0) is 25.0 Å². The van der Waals surface area contributed by atoms with Gasteiger partial charge in [-0.25, -0.2) is 13.2 Å². The van der Waals surface area contributed by atoms with Crippen LogP contribution in [0, 0.1) is 0 Å². The summed E-state index contributed by atoms with van der Waals surface area (Å²) in [5.41, 5.74) is -0.653. The van der Waals surface area contributed by atoms with Gasteiger partial charge in [-0.15, -0.1) is 0 Å². The van der Waals surface area contributed by atoms with E-state index in [0.717, 1.165) is 11.2 Å². The van der Waals surface area contributed by atoms with E-state index in [9.17, 15) is 22.8 Å². The topological polar surface area (TPSA) is 113 Å². The normalized spacial score (nSPS) is 19.2. The number of hydrogen-bond acceptors (Lipinski definition) is 5. The lowest BCUT2D eigenvalue weighted by Crippen LogP contribution is -2.42. The predicted molar refractivity (Wildman–Crippen MR) is 107 cm³/mol. The van der Waals surface area contributed by atoms with Gasteiger partial charge in [0.05, 0.1) is 15.6 Å². The minimum absolute atomic E-state index is 0.0950. The third-order valence-electron chi connectivity index (χ3n) is 4.58. The van der Waals surface area contributed by atoms with Gasteiger partial charge in [-0.3, -0.25) is 14.5 Å². The van der Waals surface area contributed by atoms with Crippen LogP contribution in [-0.4, -0.2) is 44.0 Å². The van der Waals surface area contributed by atoms with E-state index in [1.54, 1.807) is 24.3 Å². The van der Waals surface area contributed by atoms with Crippen LogP contribution in [0.1, 0.15) is 12.5 Å². The van der Waals surface area contributed by atoms with E-state index in [-0.39, 0.29) is 4.90 Å². The molecule has 1 atom stereocenters. The summed E-state index contributed by atoms with van der Waals surface area (Å²) in [6.07, 6.45) is 1.07. The third kappa shape index (κ3) is 4.10. The number of nitrogens with one attached hydrogen (secondary N) is 2. The molecule has 8 nitrogen and oxygen atoms in total. The SMILES string of the molecule is CC1(c2ccc(S(C)(=O)=O)cc2)NC(=O)N(CC(=O)Nc2ccccc2Cl)C1=O. The van der Waals surface area contributed by atoms with Gasteiger partial charge in [-0.05, 0) is 36.8 Å². The molecule has 1 aliphatic heterocycles. The molecule has 2 aromatic rings. The number of hydrogen-bond donors (Lipinski definition) is 2. The zero-order valence-electron chi connectivity index (χ0n) is 15.6. The molecule has 4 amide bonds. The van der Waals surface area contributed by atoms with Crippen molar-refractivity contribution in [1.29, 1.82) is 0 Å². The Kier molecular flexibility index (Phi) is 5.38. The number of carbonyl (C=O) groups excluding carboxylic acids is 3. The van der Waals surface area contributed by atoms with Crippen molar-refractivity contribution >= 4 is 45.0 Å². The standard InChI is InChI=1S/C19H18ClN3O5S/c1-19(12-7-9-13(10-8-12)29(2,27)28)17(25)23(18(26)22-19)11-16(24)21-15-6-4-3-5-14(15)20/h3-10H,11H2,1-2H3,(H,21,24)(H,22,26). The summed E-state index contributed by atoms with van der Waals surface area (Å²) in [7, 11) is -3.39. The molecule has 1 saturated heterocycles. The summed E-state index contributed by atoms with van der Waals surface area (Å²) >= 11 is 6.00. The molecule has 0 spiro atoms. The minimum atomic E-state index is -3.39. The first-order valence-electron chi connectivity index (χ1n) is 8.51. The van der Waals surface area contributed by atoms with Crippen LogP contribution < -0.4 is 10.6 Å². The maximum absolute atomic E-state index is 12.9. The first kappa shape index (κ1) is 20.8. The fourth-order valence-corrected chi connectivity index (χ4v) is 3.78. The van der Waals surface area contributed by atoms with Crippen molar-refractivity contribution in [3.8, 4) is 0 Å². The number of halogens is 1. The highest BCUT2D eigenvalue weighted by molar-refractivity contribution is 7.90. The maximum atomic E-state index is 12.9.